The lowest BCUT2D eigenvalue weighted by molar-refractivity contribution is 0.292. The van der Waals surface area contributed by atoms with Crippen LogP contribution in [0.15, 0.2) is 30.5 Å². The summed E-state index contributed by atoms with van der Waals surface area (Å²) in [5, 5.41) is 3.98. The van der Waals surface area contributed by atoms with Crippen molar-refractivity contribution in [1.29, 1.82) is 0 Å². The molecule has 0 radical (unpaired) electrons. The summed E-state index contributed by atoms with van der Waals surface area (Å²) in [6.45, 7) is 3.93. The summed E-state index contributed by atoms with van der Waals surface area (Å²) in [4.78, 5) is 10.8. The number of hydrogen-bond acceptors (Lipinski definition) is 6. The van der Waals surface area contributed by atoms with Crippen molar-refractivity contribution in [2.45, 2.75) is 6.61 Å². The van der Waals surface area contributed by atoms with E-state index in [0.29, 0.717) is 29.1 Å². The van der Waals surface area contributed by atoms with Gasteiger partial charge in [0.1, 0.15) is 6.61 Å². The maximum atomic E-state index is 5.96. The highest BCUT2D eigenvalue weighted by Gasteiger charge is 2.16. The number of halogens is 1. The third-order valence-electron chi connectivity index (χ3n) is 3.45. The molecule has 1 aliphatic heterocycles. The molecule has 0 unspecified atom stereocenters. The van der Waals surface area contributed by atoms with Gasteiger partial charge in [0.15, 0.2) is 11.6 Å². The lowest BCUT2D eigenvalue weighted by atomic mass is 10.2. The van der Waals surface area contributed by atoms with Crippen LogP contribution in [0.1, 0.15) is 5.56 Å². The molecule has 0 atom stereocenters. The minimum absolute atomic E-state index is 0.389. The molecule has 0 aliphatic carbocycles. The largest absolute Gasteiger partial charge is 0.472 e. The fourth-order valence-electron chi connectivity index (χ4n) is 2.34. The van der Waals surface area contributed by atoms with Gasteiger partial charge in [0.25, 0.3) is 0 Å². The van der Waals surface area contributed by atoms with Crippen LogP contribution in [0.5, 0.6) is 5.88 Å². The maximum Gasteiger partial charge on any atom is 0.234 e. The molecule has 22 heavy (non-hydrogen) atoms. The average Bonchev–Trinajstić information content (AvgIpc) is 2.55. The predicted molar refractivity (Wildman–Crippen MR) is 87.3 cm³/mol. The van der Waals surface area contributed by atoms with Gasteiger partial charge in [-0.1, -0.05) is 23.7 Å². The van der Waals surface area contributed by atoms with Crippen LogP contribution >= 0.6 is 11.6 Å². The van der Waals surface area contributed by atoms with E-state index < -0.39 is 0 Å². The molecule has 1 aromatic heterocycles. The van der Waals surface area contributed by atoms with Gasteiger partial charge in [-0.25, -0.2) is 4.98 Å². The van der Waals surface area contributed by atoms with Crippen molar-refractivity contribution in [1.82, 2.24) is 15.3 Å². The number of hydrogen-bond donors (Lipinski definition) is 2. The number of nitrogens with zero attached hydrogens (tertiary/aromatic N) is 3. The predicted octanol–water partition coefficient (Wildman–Crippen LogP) is 1.70. The number of nitrogens with two attached hydrogens (primary N) is 1. The summed E-state index contributed by atoms with van der Waals surface area (Å²) in [5.41, 5.74) is 6.92. The highest BCUT2D eigenvalue weighted by atomic mass is 35.5. The molecule has 1 aliphatic rings. The molecule has 0 saturated carbocycles. The summed E-state index contributed by atoms with van der Waals surface area (Å²) in [6, 6.07) is 7.54. The first-order valence-electron chi connectivity index (χ1n) is 7.18. The number of anilines is 2. The van der Waals surface area contributed by atoms with E-state index in [9.17, 15) is 0 Å². The molecule has 7 heteroatoms. The number of aromatic nitrogens is 2. The number of nitrogens with one attached hydrogen (secondary N) is 1. The van der Waals surface area contributed by atoms with Crippen LogP contribution in [0.2, 0.25) is 5.02 Å². The van der Waals surface area contributed by atoms with E-state index >= 15 is 0 Å². The van der Waals surface area contributed by atoms with Crippen LogP contribution in [0.3, 0.4) is 0 Å². The standard InChI is InChI=1S/C15H18ClN5O/c16-12-3-1-2-11(8-12)10-22-13-9-19-14(17)15(20-13)21-6-4-18-5-7-21/h1-3,8-9,18H,4-7,10H2,(H2,17,19). The first kappa shape index (κ1) is 14.9. The van der Waals surface area contributed by atoms with Gasteiger partial charge in [-0.3, -0.25) is 0 Å². The van der Waals surface area contributed by atoms with Crippen molar-refractivity contribution in [3.8, 4) is 5.88 Å². The van der Waals surface area contributed by atoms with E-state index in [-0.39, 0.29) is 0 Å². The Bertz CT molecular complexity index is 646. The first-order valence-corrected chi connectivity index (χ1v) is 7.55. The van der Waals surface area contributed by atoms with Gasteiger partial charge < -0.3 is 20.7 Å². The van der Waals surface area contributed by atoms with Crippen LogP contribution < -0.4 is 20.7 Å². The van der Waals surface area contributed by atoms with Crippen LogP contribution in [-0.4, -0.2) is 36.1 Å². The molecule has 2 heterocycles. The fraction of sp³-hybridized carbons (Fsp3) is 0.333. The van der Waals surface area contributed by atoms with Crippen molar-refractivity contribution < 1.29 is 4.74 Å². The Morgan fingerprint density at radius 2 is 2.14 bits per heavy atom. The van der Waals surface area contributed by atoms with E-state index in [0.717, 1.165) is 31.7 Å². The fourth-order valence-corrected chi connectivity index (χ4v) is 2.55. The second-order valence-corrected chi connectivity index (χ2v) is 5.51. The zero-order chi connectivity index (χ0) is 15.4. The van der Waals surface area contributed by atoms with Crippen molar-refractivity contribution in [2.75, 3.05) is 36.8 Å². The van der Waals surface area contributed by atoms with Gasteiger partial charge in [-0.15, -0.1) is 0 Å². The van der Waals surface area contributed by atoms with E-state index in [1.165, 1.54) is 0 Å². The SMILES string of the molecule is Nc1ncc(OCc2cccc(Cl)c2)nc1N1CCNCC1. The molecule has 0 bridgehead atoms. The Morgan fingerprint density at radius 3 is 2.91 bits per heavy atom. The van der Waals surface area contributed by atoms with Gasteiger partial charge in [0, 0.05) is 31.2 Å². The Morgan fingerprint density at radius 1 is 1.32 bits per heavy atom. The average molecular weight is 320 g/mol. The van der Waals surface area contributed by atoms with Gasteiger partial charge in [0.2, 0.25) is 5.88 Å². The highest BCUT2D eigenvalue weighted by Crippen LogP contribution is 2.22. The molecule has 2 aromatic rings. The minimum atomic E-state index is 0.389. The Hall–Kier alpha value is -2.05. The molecule has 1 fully saturated rings. The lowest BCUT2D eigenvalue weighted by Gasteiger charge is -2.28. The van der Waals surface area contributed by atoms with Gasteiger partial charge >= 0.3 is 0 Å². The molecule has 0 spiro atoms. The molecule has 1 aromatic carbocycles. The van der Waals surface area contributed by atoms with Crippen molar-refractivity contribution in [2.24, 2.45) is 0 Å². The zero-order valence-corrected chi connectivity index (χ0v) is 12.9. The second kappa shape index (κ2) is 6.81. The summed E-state index contributed by atoms with van der Waals surface area (Å²) >= 11 is 5.96. The smallest absolute Gasteiger partial charge is 0.234 e. The highest BCUT2D eigenvalue weighted by molar-refractivity contribution is 6.30. The topological polar surface area (TPSA) is 76.3 Å². The zero-order valence-electron chi connectivity index (χ0n) is 12.1. The number of nitrogen functional groups attached to an aromatic ring is 1. The van der Waals surface area contributed by atoms with Gasteiger partial charge in [0.05, 0.1) is 6.20 Å². The van der Waals surface area contributed by atoms with E-state index in [1.807, 2.05) is 24.3 Å². The van der Waals surface area contributed by atoms with Crippen LogP contribution in [0.25, 0.3) is 0 Å². The molecule has 0 amide bonds. The molecular formula is C15H18ClN5O. The molecule has 1 saturated heterocycles. The normalized spacial score (nSPS) is 14.9. The second-order valence-electron chi connectivity index (χ2n) is 5.07. The Labute approximate surface area is 134 Å². The molecule has 3 N–H and O–H groups in total. The van der Waals surface area contributed by atoms with E-state index in [4.69, 9.17) is 22.1 Å². The van der Waals surface area contributed by atoms with E-state index in [1.54, 1.807) is 6.20 Å². The molecular weight excluding hydrogens is 302 g/mol. The summed E-state index contributed by atoms with van der Waals surface area (Å²) < 4.78 is 5.70. The third-order valence-corrected chi connectivity index (χ3v) is 3.69. The number of ether oxygens (including phenoxy) is 1. The van der Waals surface area contributed by atoms with Crippen molar-refractivity contribution in [3.63, 3.8) is 0 Å². The summed E-state index contributed by atoms with van der Waals surface area (Å²) in [7, 11) is 0. The van der Waals surface area contributed by atoms with Crippen LogP contribution in [-0.2, 0) is 6.61 Å². The Kier molecular flexibility index (Phi) is 4.60. The Balaban J connectivity index is 1.71. The van der Waals surface area contributed by atoms with Gasteiger partial charge in [-0.05, 0) is 17.7 Å². The van der Waals surface area contributed by atoms with Crippen molar-refractivity contribution in [3.05, 3.63) is 41.0 Å². The summed E-state index contributed by atoms with van der Waals surface area (Å²) in [5.74, 6) is 1.57. The quantitative estimate of drug-likeness (QED) is 0.893. The maximum absolute atomic E-state index is 5.96. The van der Waals surface area contributed by atoms with Crippen LogP contribution in [0, 0.1) is 0 Å². The molecule has 116 valence electrons. The molecule has 6 nitrogen and oxygen atoms in total. The number of piperazine rings is 1. The molecule has 3 rings (SSSR count). The number of rotatable bonds is 4. The lowest BCUT2D eigenvalue weighted by Crippen LogP contribution is -2.44. The van der Waals surface area contributed by atoms with Crippen LogP contribution in [0.4, 0.5) is 11.6 Å². The van der Waals surface area contributed by atoms with E-state index in [2.05, 4.69) is 20.2 Å². The van der Waals surface area contributed by atoms with Gasteiger partial charge in [-0.2, -0.15) is 4.98 Å². The minimum Gasteiger partial charge on any atom is -0.472 e. The monoisotopic (exact) mass is 319 g/mol. The third kappa shape index (κ3) is 3.58. The number of benzene rings is 1. The first-order chi connectivity index (χ1) is 10.7. The summed E-state index contributed by atoms with van der Waals surface area (Å²) in [6.07, 6.45) is 1.55. The van der Waals surface area contributed by atoms with Crippen molar-refractivity contribution >= 4 is 23.2 Å².